The third kappa shape index (κ3) is 2.76. The zero-order valence-corrected chi connectivity index (χ0v) is 12.6. The van der Waals surface area contributed by atoms with Gasteiger partial charge in [-0.3, -0.25) is 4.79 Å². The van der Waals surface area contributed by atoms with Gasteiger partial charge in [-0.2, -0.15) is 0 Å². The zero-order valence-electron chi connectivity index (χ0n) is 11.0. The van der Waals surface area contributed by atoms with Crippen molar-refractivity contribution in [1.29, 1.82) is 0 Å². The fourth-order valence-electron chi connectivity index (χ4n) is 2.20. The number of anilines is 1. The number of hydrogen-bond acceptors (Lipinski definition) is 2. The molecular weight excluding hydrogens is 330 g/mol. The molecule has 0 saturated heterocycles. The minimum absolute atomic E-state index is 0.182. The van der Waals surface area contributed by atoms with Crippen molar-refractivity contribution >= 4 is 38.3 Å². The fraction of sp³-hybridized carbons (Fsp3) is 0. The highest BCUT2D eigenvalue weighted by Crippen LogP contribution is 2.30. The number of benzene rings is 3. The van der Waals surface area contributed by atoms with Crippen molar-refractivity contribution in [2.75, 3.05) is 5.32 Å². The van der Waals surface area contributed by atoms with E-state index in [4.69, 9.17) is 0 Å². The molecule has 104 valence electrons. The number of carbonyl (C=O) groups excluding carboxylic acids is 1. The molecule has 0 bridgehead atoms. The van der Waals surface area contributed by atoms with Crippen LogP contribution < -0.4 is 5.32 Å². The maximum absolute atomic E-state index is 12.3. The monoisotopic (exact) mass is 341 g/mol. The van der Waals surface area contributed by atoms with Gasteiger partial charge in [0.2, 0.25) is 0 Å². The number of aromatic hydroxyl groups is 1. The molecular formula is C17H12BrNO2. The van der Waals surface area contributed by atoms with Crippen LogP contribution in [0.5, 0.6) is 5.75 Å². The Bertz CT molecular complexity index is 813. The molecule has 4 heteroatoms. The van der Waals surface area contributed by atoms with Crippen molar-refractivity contribution in [3.63, 3.8) is 0 Å². The van der Waals surface area contributed by atoms with E-state index in [1.807, 2.05) is 30.3 Å². The molecule has 0 fully saturated rings. The van der Waals surface area contributed by atoms with Crippen molar-refractivity contribution in [1.82, 2.24) is 0 Å². The normalized spacial score (nSPS) is 10.5. The first-order valence-corrected chi connectivity index (χ1v) is 7.22. The number of amides is 1. The molecule has 0 unspecified atom stereocenters. The minimum atomic E-state index is -0.182. The Morgan fingerprint density at radius 2 is 1.57 bits per heavy atom. The molecule has 3 aromatic carbocycles. The number of carbonyl (C=O) groups is 1. The lowest BCUT2D eigenvalue weighted by atomic mass is 10.1. The predicted molar refractivity (Wildman–Crippen MR) is 87.7 cm³/mol. The number of rotatable bonds is 2. The van der Waals surface area contributed by atoms with Crippen molar-refractivity contribution in [2.45, 2.75) is 0 Å². The molecule has 0 spiro atoms. The number of phenolic OH excluding ortho intramolecular Hbond substituents is 1. The summed E-state index contributed by atoms with van der Waals surface area (Å²) in [7, 11) is 0. The lowest BCUT2D eigenvalue weighted by molar-refractivity contribution is 0.102. The maximum Gasteiger partial charge on any atom is 0.255 e. The second kappa shape index (κ2) is 5.58. The lowest BCUT2D eigenvalue weighted by Gasteiger charge is -2.09. The molecule has 0 heterocycles. The van der Waals surface area contributed by atoms with Crippen LogP contribution in [0.25, 0.3) is 10.8 Å². The van der Waals surface area contributed by atoms with Crippen molar-refractivity contribution in [2.24, 2.45) is 0 Å². The molecule has 3 rings (SSSR count). The summed E-state index contributed by atoms with van der Waals surface area (Å²) < 4.78 is 0.925. The van der Waals surface area contributed by atoms with Crippen molar-refractivity contribution < 1.29 is 9.90 Å². The Kier molecular flexibility index (Phi) is 3.62. The first-order chi connectivity index (χ1) is 10.1. The molecule has 3 nitrogen and oxygen atoms in total. The summed E-state index contributed by atoms with van der Waals surface area (Å²) in [5, 5.41) is 14.3. The molecule has 2 N–H and O–H groups in total. The van der Waals surface area contributed by atoms with Gasteiger partial charge in [-0.05, 0) is 36.4 Å². The number of phenols is 1. The molecule has 0 saturated carbocycles. The molecule has 3 aromatic rings. The number of halogens is 1. The van der Waals surface area contributed by atoms with Crippen LogP contribution in [0.2, 0.25) is 0 Å². The average molecular weight is 342 g/mol. The van der Waals surface area contributed by atoms with Gasteiger partial charge in [0, 0.05) is 26.5 Å². The molecule has 0 atom stereocenters. The summed E-state index contributed by atoms with van der Waals surface area (Å²) in [5.41, 5.74) is 1.26. The van der Waals surface area contributed by atoms with Gasteiger partial charge in [0.15, 0.2) is 0 Å². The largest absolute Gasteiger partial charge is 0.507 e. The highest BCUT2D eigenvalue weighted by Gasteiger charge is 2.09. The molecule has 0 radical (unpaired) electrons. The molecule has 0 aromatic heterocycles. The first-order valence-electron chi connectivity index (χ1n) is 6.43. The average Bonchev–Trinajstić information content (AvgIpc) is 2.49. The summed E-state index contributed by atoms with van der Waals surface area (Å²) >= 11 is 3.34. The molecule has 0 aliphatic rings. The Labute approximate surface area is 130 Å². The van der Waals surface area contributed by atoms with E-state index in [-0.39, 0.29) is 11.7 Å². The van der Waals surface area contributed by atoms with E-state index in [1.54, 1.807) is 30.3 Å². The molecule has 21 heavy (non-hydrogen) atoms. The van der Waals surface area contributed by atoms with Gasteiger partial charge in [0.05, 0.1) is 0 Å². The molecule has 0 aliphatic carbocycles. The van der Waals surface area contributed by atoms with E-state index in [0.717, 1.165) is 9.86 Å². The second-order valence-corrected chi connectivity index (χ2v) is 5.55. The standard InChI is InChI=1S/C17H12BrNO2/c18-12-9-7-11(8-10-12)17(21)19-15-5-1-4-14-13(15)3-2-6-16(14)20/h1-10,20H,(H,19,21). The van der Waals surface area contributed by atoms with Crippen LogP contribution in [0.1, 0.15) is 10.4 Å². The molecule has 0 aliphatic heterocycles. The number of nitrogens with one attached hydrogen (secondary N) is 1. The van der Waals surface area contributed by atoms with E-state index < -0.39 is 0 Å². The summed E-state index contributed by atoms with van der Waals surface area (Å²) in [6, 6.07) is 17.8. The fourth-order valence-corrected chi connectivity index (χ4v) is 2.46. The smallest absolute Gasteiger partial charge is 0.255 e. The van der Waals surface area contributed by atoms with Crippen LogP contribution in [0, 0.1) is 0 Å². The van der Waals surface area contributed by atoms with Crippen LogP contribution in [-0.2, 0) is 0 Å². The van der Waals surface area contributed by atoms with E-state index in [1.165, 1.54) is 0 Å². The van der Waals surface area contributed by atoms with Crippen LogP contribution in [-0.4, -0.2) is 11.0 Å². The number of fused-ring (bicyclic) bond motifs is 1. The first kappa shape index (κ1) is 13.6. The van der Waals surface area contributed by atoms with Gasteiger partial charge in [0.1, 0.15) is 5.75 Å². The summed E-state index contributed by atoms with van der Waals surface area (Å²) in [4.78, 5) is 12.3. The topological polar surface area (TPSA) is 49.3 Å². The maximum atomic E-state index is 12.3. The van der Waals surface area contributed by atoms with Crippen LogP contribution in [0.4, 0.5) is 5.69 Å². The second-order valence-electron chi connectivity index (χ2n) is 4.64. The van der Waals surface area contributed by atoms with Crippen molar-refractivity contribution in [3.05, 3.63) is 70.7 Å². The predicted octanol–water partition coefficient (Wildman–Crippen LogP) is 4.56. The highest BCUT2D eigenvalue weighted by atomic mass is 79.9. The van der Waals surface area contributed by atoms with Crippen LogP contribution >= 0.6 is 15.9 Å². The third-order valence-corrected chi connectivity index (χ3v) is 3.78. The van der Waals surface area contributed by atoms with Gasteiger partial charge in [-0.1, -0.05) is 40.2 Å². The summed E-state index contributed by atoms with van der Waals surface area (Å²) in [5.74, 6) is 0.0191. The Morgan fingerprint density at radius 1 is 0.905 bits per heavy atom. The van der Waals surface area contributed by atoms with E-state index in [2.05, 4.69) is 21.2 Å². The van der Waals surface area contributed by atoms with Crippen LogP contribution in [0.3, 0.4) is 0 Å². The van der Waals surface area contributed by atoms with Gasteiger partial charge in [-0.25, -0.2) is 0 Å². The van der Waals surface area contributed by atoms with Gasteiger partial charge < -0.3 is 10.4 Å². The Balaban J connectivity index is 1.96. The Hall–Kier alpha value is -2.33. The van der Waals surface area contributed by atoms with Crippen LogP contribution in [0.15, 0.2) is 65.1 Å². The van der Waals surface area contributed by atoms with Gasteiger partial charge >= 0.3 is 0 Å². The lowest BCUT2D eigenvalue weighted by Crippen LogP contribution is -2.11. The third-order valence-electron chi connectivity index (χ3n) is 3.25. The summed E-state index contributed by atoms with van der Waals surface area (Å²) in [6.45, 7) is 0. The van der Waals surface area contributed by atoms with E-state index in [9.17, 15) is 9.90 Å². The highest BCUT2D eigenvalue weighted by molar-refractivity contribution is 9.10. The van der Waals surface area contributed by atoms with Gasteiger partial charge in [-0.15, -0.1) is 0 Å². The zero-order chi connectivity index (χ0) is 14.8. The number of hydrogen-bond donors (Lipinski definition) is 2. The molecule has 1 amide bonds. The quantitative estimate of drug-likeness (QED) is 0.717. The van der Waals surface area contributed by atoms with E-state index in [0.29, 0.717) is 16.6 Å². The van der Waals surface area contributed by atoms with Crippen molar-refractivity contribution in [3.8, 4) is 5.75 Å². The van der Waals surface area contributed by atoms with E-state index >= 15 is 0 Å². The minimum Gasteiger partial charge on any atom is -0.507 e. The SMILES string of the molecule is O=C(Nc1cccc2c(O)cccc12)c1ccc(Br)cc1. The summed E-state index contributed by atoms with van der Waals surface area (Å²) in [6.07, 6.45) is 0. The Morgan fingerprint density at radius 3 is 2.33 bits per heavy atom. The van der Waals surface area contributed by atoms with Gasteiger partial charge in [0.25, 0.3) is 5.91 Å².